The summed E-state index contributed by atoms with van der Waals surface area (Å²) < 4.78 is 43.5. The minimum absolute atomic E-state index is 0.0301. The zero-order valence-corrected chi connectivity index (χ0v) is 12.0. The highest BCUT2D eigenvalue weighted by Crippen LogP contribution is 2.30. The van der Waals surface area contributed by atoms with Gasteiger partial charge in [-0.25, -0.2) is 4.98 Å². The highest BCUT2D eigenvalue weighted by Gasteiger charge is 2.35. The molecule has 1 saturated heterocycles. The Balaban J connectivity index is 1.61. The molecule has 1 aromatic heterocycles. The minimum atomic E-state index is -4.46. The topological polar surface area (TPSA) is 42.4 Å². The van der Waals surface area contributed by atoms with E-state index in [0.29, 0.717) is 18.3 Å². The molecule has 1 aromatic carbocycles. The van der Waals surface area contributed by atoms with Crippen LogP contribution in [0.1, 0.15) is 15.9 Å². The second-order valence-electron chi connectivity index (χ2n) is 4.83. The van der Waals surface area contributed by atoms with Gasteiger partial charge in [-0.2, -0.15) is 13.2 Å². The van der Waals surface area contributed by atoms with Gasteiger partial charge in [0.25, 0.3) is 11.1 Å². The quantitative estimate of drug-likeness (QED) is 0.870. The summed E-state index contributed by atoms with van der Waals surface area (Å²) >= 11 is 1.35. The van der Waals surface area contributed by atoms with E-state index < -0.39 is 17.6 Å². The van der Waals surface area contributed by atoms with Crippen LogP contribution in [-0.4, -0.2) is 35.0 Å². The first-order valence-electron chi connectivity index (χ1n) is 6.46. The van der Waals surface area contributed by atoms with E-state index in [9.17, 15) is 18.0 Å². The number of hydrogen-bond acceptors (Lipinski definition) is 4. The van der Waals surface area contributed by atoms with Gasteiger partial charge >= 0.3 is 6.18 Å². The maximum absolute atomic E-state index is 12.7. The van der Waals surface area contributed by atoms with Crippen molar-refractivity contribution in [3.63, 3.8) is 0 Å². The fraction of sp³-hybridized carbons (Fsp3) is 0.286. The largest absolute Gasteiger partial charge is 0.463 e. The third-order valence-electron chi connectivity index (χ3n) is 3.25. The van der Waals surface area contributed by atoms with Crippen LogP contribution in [-0.2, 0) is 6.18 Å². The zero-order chi connectivity index (χ0) is 15.7. The lowest BCUT2D eigenvalue weighted by atomic mass is 10.1. The Morgan fingerprint density at radius 1 is 1.36 bits per heavy atom. The summed E-state index contributed by atoms with van der Waals surface area (Å²) in [6.07, 6.45) is -3.01. The Kier molecular flexibility index (Phi) is 3.78. The molecular formula is C14H11F3N2O2S. The predicted octanol–water partition coefficient (Wildman–Crippen LogP) is 3.07. The molecule has 0 saturated carbocycles. The number of carbonyl (C=O) groups excluding carboxylic acids is 1. The SMILES string of the molecule is O=C(c1cccc(C(F)(F)F)c1)N1CC(Oc2nccs2)C1. The first-order valence-corrected chi connectivity index (χ1v) is 7.34. The van der Waals surface area contributed by atoms with Gasteiger partial charge in [-0.15, -0.1) is 0 Å². The normalized spacial score (nSPS) is 15.5. The van der Waals surface area contributed by atoms with E-state index >= 15 is 0 Å². The summed E-state index contributed by atoms with van der Waals surface area (Å²) in [5.74, 6) is -0.426. The fourth-order valence-corrected chi connectivity index (χ4v) is 2.65. The lowest BCUT2D eigenvalue weighted by Crippen LogP contribution is -2.56. The number of rotatable bonds is 3. The number of likely N-dealkylation sites (tertiary alicyclic amines) is 1. The molecule has 2 aromatic rings. The highest BCUT2D eigenvalue weighted by molar-refractivity contribution is 7.11. The number of alkyl halides is 3. The van der Waals surface area contributed by atoms with Crippen LogP contribution in [0.2, 0.25) is 0 Å². The van der Waals surface area contributed by atoms with Crippen LogP contribution in [0.25, 0.3) is 0 Å². The molecule has 116 valence electrons. The Morgan fingerprint density at radius 2 is 2.14 bits per heavy atom. The fourth-order valence-electron chi connectivity index (χ4n) is 2.10. The van der Waals surface area contributed by atoms with Gasteiger partial charge in [0.2, 0.25) is 0 Å². The number of halogens is 3. The summed E-state index contributed by atoms with van der Waals surface area (Å²) in [4.78, 5) is 17.6. The van der Waals surface area contributed by atoms with Crippen LogP contribution in [0, 0.1) is 0 Å². The number of aromatic nitrogens is 1. The number of amides is 1. The van der Waals surface area contributed by atoms with Crippen molar-refractivity contribution >= 4 is 17.2 Å². The van der Waals surface area contributed by atoms with Gasteiger partial charge in [0.15, 0.2) is 0 Å². The lowest BCUT2D eigenvalue weighted by molar-refractivity contribution is -0.137. The Hall–Kier alpha value is -2.09. The van der Waals surface area contributed by atoms with Crippen LogP contribution < -0.4 is 4.74 Å². The number of carbonyl (C=O) groups is 1. The molecule has 2 heterocycles. The molecule has 8 heteroatoms. The molecular weight excluding hydrogens is 317 g/mol. The third-order valence-corrected chi connectivity index (χ3v) is 3.91. The van der Waals surface area contributed by atoms with Crippen LogP contribution in [0.3, 0.4) is 0 Å². The van der Waals surface area contributed by atoms with Gasteiger partial charge in [0.1, 0.15) is 6.10 Å². The number of ether oxygens (including phenoxy) is 1. The summed E-state index contributed by atoms with van der Waals surface area (Å²) in [5, 5.41) is 2.30. The molecule has 22 heavy (non-hydrogen) atoms. The molecule has 0 aliphatic carbocycles. The smallest absolute Gasteiger partial charge is 0.416 e. The van der Waals surface area contributed by atoms with Crippen LogP contribution in [0.4, 0.5) is 13.2 Å². The molecule has 1 aliphatic heterocycles. The van der Waals surface area contributed by atoms with Crippen molar-refractivity contribution in [2.45, 2.75) is 12.3 Å². The van der Waals surface area contributed by atoms with Crippen LogP contribution in [0.15, 0.2) is 35.8 Å². The van der Waals surface area contributed by atoms with Crippen molar-refractivity contribution in [1.82, 2.24) is 9.88 Å². The first-order chi connectivity index (χ1) is 10.4. The molecule has 1 fully saturated rings. The van der Waals surface area contributed by atoms with Crippen molar-refractivity contribution in [2.75, 3.05) is 13.1 Å². The summed E-state index contributed by atoms with van der Waals surface area (Å²) in [6, 6.07) is 4.44. The molecule has 0 bridgehead atoms. The van der Waals surface area contributed by atoms with E-state index in [4.69, 9.17) is 4.74 Å². The zero-order valence-electron chi connectivity index (χ0n) is 11.2. The first kappa shape index (κ1) is 14.8. The van der Waals surface area contributed by atoms with Gasteiger partial charge in [0.05, 0.1) is 18.7 Å². The number of thiazole rings is 1. The number of benzene rings is 1. The van der Waals surface area contributed by atoms with Crippen LogP contribution in [0.5, 0.6) is 5.19 Å². The summed E-state index contributed by atoms with van der Waals surface area (Å²) in [6.45, 7) is 0.684. The second kappa shape index (κ2) is 5.60. The van der Waals surface area contributed by atoms with E-state index in [1.165, 1.54) is 28.4 Å². The number of nitrogens with zero attached hydrogens (tertiary/aromatic N) is 2. The van der Waals surface area contributed by atoms with Crippen molar-refractivity contribution in [1.29, 1.82) is 0 Å². The molecule has 0 unspecified atom stereocenters. The molecule has 1 amide bonds. The molecule has 4 nitrogen and oxygen atoms in total. The summed E-state index contributed by atoms with van der Waals surface area (Å²) in [7, 11) is 0. The predicted molar refractivity (Wildman–Crippen MR) is 73.9 cm³/mol. The van der Waals surface area contributed by atoms with Gasteiger partial charge in [-0.3, -0.25) is 4.79 Å². The molecule has 0 N–H and O–H groups in total. The second-order valence-corrected chi connectivity index (χ2v) is 5.68. The standard InChI is InChI=1S/C14H11F3N2O2S/c15-14(16,17)10-3-1-2-9(6-10)12(20)19-7-11(8-19)21-13-18-4-5-22-13/h1-6,11H,7-8H2. The van der Waals surface area contributed by atoms with E-state index in [1.54, 1.807) is 11.6 Å². The average molecular weight is 328 g/mol. The maximum Gasteiger partial charge on any atom is 0.416 e. The van der Waals surface area contributed by atoms with Crippen molar-refractivity contribution in [3.8, 4) is 5.19 Å². The van der Waals surface area contributed by atoms with Gasteiger partial charge in [-0.1, -0.05) is 17.4 Å². The Bertz CT molecular complexity index is 667. The highest BCUT2D eigenvalue weighted by atomic mass is 32.1. The Labute approximate surface area is 128 Å². The van der Waals surface area contributed by atoms with E-state index in [0.717, 1.165) is 12.1 Å². The van der Waals surface area contributed by atoms with Gasteiger partial charge < -0.3 is 9.64 Å². The van der Waals surface area contributed by atoms with E-state index in [2.05, 4.69) is 4.98 Å². The molecule has 0 radical (unpaired) electrons. The monoisotopic (exact) mass is 328 g/mol. The van der Waals surface area contributed by atoms with Gasteiger partial charge in [-0.05, 0) is 18.2 Å². The minimum Gasteiger partial charge on any atom is -0.463 e. The van der Waals surface area contributed by atoms with Crippen molar-refractivity contribution in [3.05, 3.63) is 47.0 Å². The molecule has 1 aliphatic rings. The lowest BCUT2D eigenvalue weighted by Gasteiger charge is -2.38. The molecule has 0 spiro atoms. The van der Waals surface area contributed by atoms with E-state index in [-0.39, 0.29) is 11.7 Å². The summed E-state index contributed by atoms with van der Waals surface area (Å²) in [5.41, 5.74) is -0.794. The Morgan fingerprint density at radius 3 is 2.77 bits per heavy atom. The van der Waals surface area contributed by atoms with Crippen molar-refractivity contribution < 1.29 is 22.7 Å². The molecule has 0 atom stereocenters. The van der Waals surface area contributed by atoms with Gasteiger partial charge in [0, 0.05) is 17.1 Å². The third kappa shape index (κ3) is 3.06. The van der Waals surface area contributed by atoms with E-state index in [1.807, 2.05) is 0 Å². The molecule has 3 rings (SSSR count). The maximum atomic E-state index is 12.7. The average Bonchev–Trinajstić information content (AvgIpc) is 2.94. The van der Waals surface area contributed by atoms with Crippen molar-refractivity contribution in [2.24, 2.45) is 0 Å². The van der Waals surface area contributed by atoms with Crippen LogP contribution >= 0.6 is 11.3 Å². The number of hydrogen-bond donors (Lipinski definition) is 0.